The van der Waals surface area contributed by atoms with Gasteiger partial charge in [0, 0.05) is 7.11 Å². The Morgan fingerprint density at radius 2 is 1.88 bits per heavy atom. The Morgan fingerprint density at radius 1 is 1.25 bits per heavy atom. The molecule has 2 atom stereocenters. The van der Waals surface area contributed by atoms with Gasteiger partial charge in [0.2, 0.25) is 0 Å². The molecule has 0 amide bonds. The van der Waals surface area contributed by atoms with Gasteiger partial charge in [0.25, 0.3) is 0 Å². The quantitative estimate of drug-likeness (QED) is 0.496. The van der Waals surface area contributed by atoms with Crippen molar-refractivity contribution in [3.63, 3.8) is 0 Å². The van der Waals surface area contributed by atoms with Gasteiger partial charge in [-0.1, -0.05) is 0 Å². The van der Waals surface area contributed by atoms with E-state index in [1.165, 1.54) is 6.92 Å². The van der Waals surface area contributed by atoms with Crippen LogP contribution in [0.4, 0.5) is 0 Å². The third-order valence-corrected chi connectivity index (χ3v) is 2.37. The van der Waals surface area contributed by atoms with E-state index in [0.717, 1.165) is 12.8 Å². The molecular weight excluding hydrogens is 212 g/mol. The summed E-state index contributed by atoms with van der Waals surface area (Å²) in [7, 11) is 1.63. The van der Waals surface area contributed by atoms with E-state index in [-0.39, 0.29) is 31.0 Å². The van der Waals surface area contributed by atoms with Crippen LogP contribution in [-0.4, -0.2) is 44.3 Å². The molecule has 0 N–H and O–H groups in total. The number of rotatable bonds is 6. The van der Waals surface area contributed by atoms with E-state index in [4.69, 9.17) is 14.2 Å². The number of carbonyl (C=O) groups excluding carboxylic acids is 2. The van der Waals surface area contributed by atoms with Crippen LogP contribution in [0.15, 0.2) is 0 Å². The molecule has 0 aromatic carbocycles. The van der Waals surface area contributed by atoms with Crippen molar-refractivity contribution in [2.75, 3.05) is 20.3 Å². The van der Waals surface area contributed by atoms with Crippen molar-refractivity contribution in [2.45, 2.75) is 38.4 Å². The summed E-state index contributed by atoms with van der Waals surface area (Å²) in [4.78, 5) is 21.7. The summed E-state index contributed by atoms with van der Waals surface area (Å²) in [6, 6.07) is 0. The maximum Gasteiger partial charge on any atom is 0.313 e. The van der Waals surface area contributed by atoms with Crippen LogP contribution in [0.25, 0.3) is 0 Å². The Morgan fingerprint density at radius 3 is 2.44 bits per heavy atom. The summed E-state index contributed by atoms with van der Waals surface area (Å²) >= 11 is 0. The second-order valence-electron chi connectivity index (χ2n) is 3.97. The number of ketones is 1. The molecule has 0 saturated carbocycles. The molecule has 0 aromatic rings. The smallest absolute Gasteiger partial charge is 0.313 e. The second-order valence-corrected chi connectivity index (χ2v) is 3.97. The van der Waals surface area contributed by atoms with Gasteiger partial charge in [-0.05, 0) is 19.8 Å². The van der Waals surface area contributed by atoms with E-state index >= 15 is 0 Å². The zero-order chi connectivity index (χ0) is 12.0. The molecule has 92 valence electrons. The Hall–Kier alpha value is -0.940. The Balaban J connectivity index is 2.15. The highest BCUT2D eigenvalue weighted by atomic mass is 16.6. The van der Waals surface area contributed by atoms with Crippen molar-refractivity contribution < 1.29 is 23.8 Å². The molecule has 0 aliphatic carbocycles. The molecule has 1 aliphatic heterocycles. The molecule has 1 rings (SSSR count). The van der Waals surface area contributed by atoms with Crippen molar-refractivity contribution in [1.29, 1.82) is 0 Å². The Labute approximate surface area is 95.0 Å². The van der Waals surface area contributed by atoms with E-state index in [0.29, 0.717) is 6.61 Å². The molecule has 1 saturated heterocycles. The average Bonchev–Trinajstić information content (AvgIpc) is 2.62. The number of esters is 1. The molecule has 0 spiro atoms. The van der Waals surface area contributed by atoms with Crippen LogP contribution < -0.4 is 0 Å². The van der Waals surface area contributed by atoms with Gasteiger partial charge >= 0.3 is 5.97 Å². The molecule has 2 unspecified atom stereocenters. The fourth-order valence-electron chi connectivity index (χ4n) is 1.65. The van der Waals surface area contributed by atoms with Crippen molar-refractivity contribution in [2.24, 2.45) is 0 Å². The molecule has 1 heterocycles. The monoisotopic (exact) mass is 230 g/mol. The van der Waals surface area contributed by atoms with Crippen molar-refractivity contribution in [1.82, 2.24) is 0 Å². The van der Waals surface area contributed by atoms with Gasteiger partial charge < -0.3 is 14.2 Å². The predicted molar refractivity (Wildman–Crippen MR) is 56.0 cm³/mol. The number of hydrogen-bond acceptors (Lipinski definition) is 5. The van der Waals surface area contributed by atoms with Crippen LogP contribution >= 0.6 is 0 Å². The van der Waals surface area contributed by atoms with Crippen molar-refractivity contribution in [3.05, 3.63) is 0 Å². The fourth-order valence-corrected chi connectivity index (χ4v) is 1.65. The van der Waals surface area contributed by atoms with Gasteiger partial charge in [-0.25, -0.2) is 0 Å². The summed E-state index contributed by atoms with van der Waals surface area (Å²) in [5.74, 6) is -0.666. The van der Waals surface area contributed by atoms with Crippen molar-refractivity contribution in [3.8, 4) is 0 Å². The lowest BCUT2D eigenvalue weighted by molar-refractivity contribution is -0.149. The standard InChI is InChI=1S/C11H18O5/c1-8(12)5-11(13)15-7-10-4-3-9(16-10)6-14-2/h9-10H,3-7H2,1-2H3. The molecule has 1 fully saturated rings. The summed E-state index contributed by atoms with van der Waals surface area (Å²) in [5, 5.41) is 0. The predicted octanol–water partition coefficient (Wildman–Crippen LogP) is 0.703. The molecule has 5 heteroatoms. The molecule has 0 radical (unpaired) electrons. The highest BCUT2D eigenvalue weighted by molar-refractivity contribution is 5.94. The number of ether oxygens (including phenoxy) is 3. The number of carbonyl (C=O) groups is 2. The third-order valence-electron chi connectivity index (χ3n) is 2.37. The van der Waals surface area contributed by atoms with Crippen LogP contribution in [-0.2, 0) is 23.8 Å². The van der Waals surface area contributed by atoms with Gasteiger partial charge in [-0.3, -0.25) is 9.59 Å². The molecule has 0 bridgehead atoms. The lowest BCUT2D eigenvalue weighted by atomic mass is 10.2. The van der Waals surface area contributed by atoms with E-state index < -0.39 is 5.97 Å². The second kappa shape index (κ2) is 6.60. The minimum Gasteiger partial charge on any atom is -0.463 e. The number of hydrogen-bond donors (Lipinski definition) is 0. The van der Waals surface area contributed by atoms with Crippen LogP contribution in [0, 0.1) is 0 Å². The van der Waals surface area contributed by atoms with Crippen LogP contribution in [0.5, 0.6) is 0 Å². The normalized spacial score (nSPS) is 24.4. The average molecular weight is 230 g/mol. The zero-order valence-electron chi connectivity index (χ0n) is 9.73. The summed E-state index contributed by atoms with van der Waals surface area (Å²) in [6.45, 7) is 2.16. The van der Waals surface area contributed by atoms with Crippen LogP contribution in [0.2, 0.25) is 0 Å². The summed E-state index contributed by atoms with van der Waals surface area (Å²) in [6.07, 6.45) is 1.66. The first kappa shape index (κ1) is 13.1. The van der Waals surface area contributed by atoms with E-state index in [1.54, 1.807) is 7.11 Å². The first-order chi connectivity index (χ1) is 7.61. The topological polar surface area (TPSA) is 61.8 Å². The zero-order valence-corrected chi connectivity index (χ0v) is 9.73. The maximum absolute atomic E-state index is 11.1. The number of methoxy groups -OCH3 is 1. The van der Waals surface area contributed by atoms with Gasteiger partial charge in [0.05, 0.1) is 18.8 Å². The molecule has 0 aromatic heterocycles. The largest absolute Gasteiger partial charge is 0.463 e. The maximum atomic E-state index is 11.1. The van der Waals surface area contributed by atoms with Crippen LogP contribution in [0.3, 0.4) is 0 Å². The highest BCUT2D eigenvalue weighted by Gasteiger charge is 2.26. The summed E-state index contributed by atoms with van der Waals surface area (Å²) in [5.41, 5.74) is 0. The van der Waals surface area contributed by atoms with Gasteiger partial charge in [0.15, 0.2) is 0 Å². The SMILES string of the molecule is COCC1CCC(COC(=O)CC(C)=O)O1. The highest BCUT2D eigenvalue weighted by Crippen LogP contribution is 2.20. The van der Waals surface area contributed by atoms with E-state index in [2.05, 4.69) is 0 Å². The first-order valence-corrected chi connectivity index (χ1v) is 5.41. The number of Topliss-reactive ketones (excluding diaryl/α,β-unsaturated/α-hetero) is 1. The molecule has 16 heavy (non-hydrogen) atoms. The fraction of sp³-hybridized carbons (Fsp3) is 0.818. The minimum absolute atomic E-state index is 0.0592. The minimum atomic E-state index is -0.480. The van der Waals surface area contributed by atoms with Gasteiger partial charge in [-0.15, -0.1) is 0 Å². The Kier molecular flexibility index (Phi) is 5.42. The van der Waals surface area contributed by atoms with Gasteiger partial charge in [0.1, 0.15) is 18.8 Å². The van der Waals surface area contributed by atoms with E-state index in [1.807, 2.05) is 0 Å². The molecule has 5 nitrogen and oxygen atoms in total. The first-order valence-electron chi connectivity index (χ1n) is 5.41. The lowest BCUT2D eigenvalue weighted by Gasteiger charge is -2.13. The third kappa shape index (κ3) is 4.72. The van der Waals surface area contributed by atoms with Gasteiger partial charge in [-0.2, -0.15) is 0 Å². The lowest BCUT2D eigenvalue weighted by Crippen LogP contribution is -2.22. The Bertz CT molecular complexity index is 251. The van der Waals surface area contributed by atoms with E-state index in [9.17, 15) is 9.59 Å². The summed E-state index contributed by atoms with van der Waals surface area (Å²) < 4.78 is 15.5. The molecule has 1 aliphatic rings. The van der Waals surface area contributed by atoms with Crippen LogP contribution in [0.1, 0.15) is 26.2 Å². The van der Waals surface area contributed by atoms with Crippen molar-refractivity contribution >= 4 is 11.8 Å². The molecular formula is C11H18O5.